The molecule has 0 spiro atoms. The van der Waals surface area contributed by atoms with E-state index in [0.29, 0.717) is 13.2 Å². The Kier molecular flexibility index (Phi) is 4.08. The minimum absolute atomic E-state index is 0.00296. The fourth-order valence-corrected chi connectivity index (χ4v) is 1.64. The van der Waals surface area contributed by atoms with Crippen LogP contribution < -0.4 is 0 Å². The molecule has 1 atom stereocenters. The van der Waals surface area contributed by atoms with Crippen molar-refractivity contribution in [2.45, 2.75) is 19.4 Å². The van der Waals surface area contributed by atoms with Crippen LogP contribution in [0.1, 0.15) is 13.3 Å². The van der Waals surface area contributed by atoms with Gasteiger partial charge in [-0.2, -0.15) is 0 Å². The quantitative estimate of drug-likeness (QED) is 0.606. The molecule has 5 heteroatoms. The van der Waals surface area contributed by atoms with Crippen LogP contribution in [0.3, 0.4) is 0 Å². The van der Waals surface area contributed by atoms with Gasteiger partial charge in [0.05, 0.1) is 19.1 Å². The third-order valence-corrected chi connectivity index (χ3v) is 2.65. The van der Waals surface area contributed by atoms with Crippen molar-refractivity contribution in [3.05, 3.63) is 0 Å². The number of carbonyl (C=O) groups excluding carboxylic acids is 2. The van der Waals surface area contributed by atoms with Gasteiger partial charge in [0.15, 0.2) is 0 Å². The highest BCUT2D eigenvalue weighted by Gasteiger charge is 2.32. The molecule has 1 aliphatic rings. The van der Waals surface area contributed by atoms with Crippen LogP contribution in [0.15, 0.2) is 0 Å². The Morgan fingerprint density at radius 1 is 1.47 bits per heavy atom. The van der Waals surface area contributed by atoms with Gasteiger partial charge in [-0.05, 0) is 14.0 Å². The normalized spacial score (nSPS) is 23.0. The van der Waals surface area contributed by atoms with E-state index < -0.39 is 0 Å². The first-order valence-corrected chi connectivity index (χ1v) is 5.17. The van der Waals surface area contributed by atoms with Crippen LogP contribution in [0.4, 0.5) is 0 Å². The lowest BCUT2D eigenvalue weighted by molar-refractivity contribution is -0.151. The third kappa shape index (κ3) is 2.92. The topological polar surface area (TPSA) is 49.9 Å². The molecule has 1 rings (SSSR count). The summed E-state index contributed by atoms with van der Waals surface area (Å²) >= 11 is 0. The predicted octanol–water partition coefficient (Wildman–Crippen LogP) is -0.288. The molecule has 0 aromatic heterocycles. The molecule has 0 aromatic rings. The van der Waals surface area contributed by atoms with Gasteiger partial charge in [-0.3, -0.25) is 14.5 Å². The van der Waals surface area contributed by atoms with Gasteiger partial charge in [-0.1, -0.05) is 0 Å². The Bertz CT molecular complexity index is 255. The number of carbonyl (C=O) groups is 2. The zero-order valence-corrected chi connectivity index (χ0v) is 9.52. The Morgan fingerprint density at radius 3 is 2.73 bits per heavy atom. The van der Waals surface area contributed by atoms with E-state index in [1.165, 1.54) is 0 Å². The summed E-state index contributed by atoms with van der Waals surface area (Å²) in [5, 5.41) is 0. The maximum Gasteiger partial charge on any atom is 0.307 e. The minimum atomic E-state index is -0.359. The lowest BCUT2D eigenvalue weighted by atomic mass is 10.1. The molecule has 0 saturated carbocycles. The molecule has 1 amide bonds. The average molecular weight is 214 g/mol. The molecular weight excluding hydrogens is 196 g/mol. The van der Waals surface area contributed by atoms with E-state index in [1.807, 2.05) is 11.9 Å². The summed E-state index contributed by atoms with van der Waals surface area (Å²) in [5.74, 6) is -0.310. The number of ether oxygens (including phenoxy) is 1. The fraction of sp³-hybridized carbons (Fsp3) is 0.800. The van der Waals surface area contributed by atoms with Gasteiger partial charge in [-0.15, -0.1) is 0 Å². The summed E-state index contributed by atoms with van der Waals surface area (Å²) in [7, 11) is 3.61. The molecule has 0 bridgehead atoms. The summed E-state index contributed by atoms with van der Waals surface area (Å²) in [6, 6.07) is -0.359. The van der Waals surface area contributed by atoms with Crippen LogP contribution >= 0.6 is 0 Å². The lowest BCUT2D eigenvalue weighted by Crippen LogP contribution is -2.54. The lowest BCUT2D eigenvalue weighted by Gasteiger charge is -2.36. The van der Waals surface area contributed by atoms with Crippen molar-refractivity contribution >= 4 is 11.9 Å². The molecule has 0 aromatic carbocycles. The maximum absolute atomic E-state index is 11.8. The van der Waals surface area contributed by atoms with Gasteiger partial charge in [0.1, 0.15) is 0 Å². The van der Waals surface area contributed by atoms with Crippen LogP contribution in [0.25, 0.3) is 0 Å². The highest BCUT2D eigenvalue weighted by atomic mass is 16.5. The number of rotatable bonds is 3. The van der Waals surface area contributed by atoms with Gasteiger partial charge in [-0.25, -0.2) is 0 Å². The number of piperazine rings is 1. The molecule has 15 heavy (non-hydrogen) atoms. The number of hydrogen-bond acceptors (Lipinski definition) is 4. The minimum Gasteiger partial charge on any atom is -0.466 e. The Morgan fingerprint density at radius 2 is 2.13 bits per heavy atom. The van der Waals surface area contributed by atoms with E-state index in [2.05, 4.69) is 0 Å². The molecule has 1 fully saturated rings. The zero-order valence-electron chi connectivity index (χ0n) is 9.52. The SMILES string of the molecule is CCOC(=O)C[C@H]1C(=O)N(C)CCN1C. The third-order valence-electron chi connectivity index (χ3n) is 2.65. The fourth-order valence-electron chi connectivity index (χ4n) is 1.64. The highest BCUT2D eigenvalue weighted by molar-refractivity contribution is 5.87. The van der Waals surface area contributed by atoms with Crippen molar-refractivity contribution in [2.24, 2.45) is 0 Å². The van der Waals surface area contributed by atoms with Gasteiger partial charge >= 0.3 is 5.97 Å². The van der Waals surface area contributed by atoms with Crippen molar-refractivity contribution < 1.29 is 14.3 Å². The summed E-state index contributed by atoms with van der Waals surface area (Å²) in [5.41, 5.74) is 0. The van der Waals surface area contributed by atoms with Crippen molar-refractivity contribution in [1.29, 1.82) is 0 Å². The molecule has 0 unspecified atom stereocenters. The second-order valence-corrected chi connectivity index (χ2v) is 3.77. The van der Waals surface area contributed by atoms with Crippen LogP contribution in [-0.2, 0) is 14.3 Å². The summed E-state index contributed by atoms with van der Waals surface area (Å²) < 4.78 is 4.84. The van der Waals surface area contributed by atoms with Crippen LogP contribution in [0, 0.1) is 0 Å². The second-order valence-electron chi connectivity index (χ2n) is 3.77. The first-order valence-electron chi connectivity index (χ1n) is 5.17. The van der Waals surface area contributed by atoms with E-state index >= 15 is 0 Å². The summed E-state index contributed by atoms with van der Waals surface area (Å²) in [6.45, 7) is 3.64. The molecule has 86 valence electrons. The predicted molar refractivity (Wildman–Crippen MR) is 55.3 cm³/mol. The van der Waals surface area contributed by atoms with E-state index in [9.17, 15) is 9.59 Å². The summed E-state index contributed by atoms with van der Waals surface area (Å²) in [4.78, 5) is 26.6. The molecule has 0 radical (unpaired) electrons. The average Bonchev–Trinajstić information content (AvgIpc) is 2.19. The monoisotopic (exact) mass is 214 g/mol. The molecule has 1 heterocycles. The van der Waals surface area contributed by atoms with E-state index in [-0.39, 0.29) is 24.3 Å². The van der Waals surface area contributed by atoms with Crippen molar-refractivity contribution in [1.82, 2.24) is 9.80 Å². The number of hydrogen-bond donors (Lipinski definition) is 0. The Labute approximate surface area is 90.0 Å². The molecule has 1 saturated heterocycles. The Balaban J connectivity index is 2.57. The van der Waals surface area contributed by atoms with Gasteiger partial charge in [0, 0.05) is 20.1 Å². The molecular formula is C10H18N2O3. The van der Waals surface area contributed by atoms with Crippen molar-refractivity contribution in [2.75, 3.05) is 33.8 Å². The van der Waals surface area contributed by atoms with Crippen molar-refractivity contribution in [3.63, 3.8) is 0 Å². The standard InChI is InChI=1S/C10H18N2O3/c1-4-15-9(13)7-8-10(14)12(3)6-5-11(8)2/h8H,4-7H2,1-3H3/t8-/m0/s1. The first-order chi connectivity index (χ1) is 7.06. The molecule has 0 N–H and O–H groups in total. The highest BCUT2D eigenvalue weighted by Crippen LogP contribution is 2.11. The second kappa shape index (κ2) is 5.11. The van der Waals surface area contributed by atoms with Crippen LogP contribution in [0.5, 0.6) is 0 Å². The zero-order chi connectivity index (χ0) is 11.4. The number of likely N-dealkylation sites (N-methyl/N-ethyl adjacent to an activating group) is 2. The largest absolute Gasteiger partial charge is 0.466 e. The Hall–Kier alpha value is -1.10. The van der Waals surface area contributed by atoms with Gasteiger partial charge < -0.3 is 9.64 Å². The molecule has 1 aliphatic heterocycles. The van der Waals surface area contributed by atoms with Crippen molar-refractivity contribution in [3.8, 4) is 0 Å². The van der Waals surface area contributed by atoms with E-state index in [0.717, 1.165) is 6.54 Å². The molecule has 0 aliphatic carbocycles. The first kappa shape index (κ1) is 12.0. The van der Waals surface area contributed by atoms with Gasteiger partial charge in [0.25, 0.3) is 0 Å². The smallest absolute Gasteiger partial charge is 0.307 e. The van der Waals surface area contributed by atoms with Gasteiger partial charge in [0.2, 0.25) is 5.91 Å². The van der Waals surface area contributed by atoms with E-state index in [4.69, 9.17) is 4.74 Å². The van der Waals surface area contributed by atoms with Crippen LogP contribution in [-0.4, -0.2) is 61.5 Å². The number of amides is 1. The van der Waals surface area contributed by atoms with Crippen LogP contribution in [0.2, 0.25) is 0 Å². The maximum atomic E-state index is 11.8. The molecule has 5 nitrogen and oxygen atoms in total. The number of nitrogens with zero attached hydrogens (tertiary/aromatic N) is 2. The van der Waals surface area contributed by atoms with E-state index in [1.54, 1.807) is 18.9 Å². The number of esters is 1. The summed E-state index contributed by atoms with van der Waals surface area (Å²) in [6.07, 6.45) is 0.146.